The molecule has 0 saturated heterocycles. The fourth-order valence-electron chi connectivity index (χ4n) is 2.75. The van der Waals surface area contributed by atoms with Gasteiger partial charge in [0.05, 0.1) is 23.3 Å². The number of nitro benzene ring substituents is 1. The highest BCUT2D eigenvalue weighted by Gasteiger charge is 2.18. The van der Waals surface area contributed by atoms with E-state index in [1.165, 1.54) is 12.1 Å². The van der Waals surface area contributed by atoms with Crippen LogP contribution in [0.25, 0.3) is 0 Å². The van der Waals surface area contributed by atoms with Gasteiger partial charge in [-0.3, -0.25) is 10.1 Å². The first-order valence-electron chi connectivity index (χ1n) is 8.05. The first-order valence-corrected chi connectivity index (χ1v) is 8.05. The molecular weight excluding hydrogens is 336 g/mol. The summed E-state index contributed by atoms with van der Waals surface area (Å²) in [5.41, 5.74) is 2.92. The molecule has 0 aliphatic heterocycles. The zero-order valence-electron chi connectivity index (χ0n) is 14.5. The number of nitro groups is 1. The number of aromatic nitrogens is 1. The molecule has 0 spiro atoms. The molecule has 7 heteroatoms. The van der Waals surface area contributed by atoms with Crippen molar-refractivity contribution in [2.75, 3.05) is 0 Å². The van der Waals surface area contributed by atoms with E-state index in [-0.39, 0.29) is 12.3 Å². The van der Waals surface area contributed by atoms with Crippen molar-refractivity contribution in [1.82, 2.24) is 4.57 Å². The average molecular weight is 354 g/mol. The Labute approximate surface area is 150 Å². The minimum absolute atomic E-state index is 0.00143. The maximum atomic E-state index is 12.4. The standard InChI is InChI=1S/C19H18N2O5/c1-13-10-18(14(2)20(13)11-17-4-3-9-25-17)19(22)26-12-15-5-7-16(8-6-15)21(23)24/h3-10H,11-12H2,1-2H3. The van der Waals surface area contributed by atoms with Gasteiger partial charge in [-0.1, -0.05) is 0 Å². The van der Waals surface area contributed by atoms with E-state index < -0.39 is 10.9 Å². The maximum absolute atomic E-state index is 12.4. The van der Waals surface area contributed by atoms with Crippen LogP contribution in [-0.2, 0) is 17.9 Å². The Morgan fingerprint density at radius 3 is 2.58 bits per heavy atom. The van der Waals surface area contributed by atoms with Gasteiger partial charge in [0.2, 0.25) is 0 Å². The lowest BCUT2D eigenvalue weighted by molar-refractivity contribution is -0.384. The highest BCUT2D eigenvalue weighted by atomic mass is 16.6. The van der Waals surface area contributed by atoms with Crippen LogP contribution in [0.2, 0.25) is 0 Å². The molecule has 0 saturated carbocycles. The second-order valence-corrected chi connectivity index (χ2v) is 5.95. The Bertz CT molecular complexity index is 924. The van der Waals surface area contributed by atoms with Crippen molar-refractivity contribution < 1.29 is 18.9 Å². The van der Waals surface area contributed by atoms with Gasteiger partial charge in [0.1, 0.15) is 12.4 Å². The van der Waals surface area contributed by atoms with E-state index >= 15 is 0 Å². The molecular formula is C19H18N2O5. The quantitative estimate of drug-likeness (QED) is 0.379. The lowest BCUT2D eigenvalue weighted by Gasteiger charge is -2.08. The van der Waals surface area contributed by atoms with Gasteiger partial charge >= 0.3 is 5.97 Å². The highest BCUT2D eigenvalue weighted by Crippen LogP contribution is 2.19. The second-order valence-electron chi connectivity index (χ2n) is 5.95. The van der Waals surface area contributed by atoms with Crippen LogP contribution in [0.15, 0.2) is 53.1 Å². The van der Waals surface area contributed by atoms with E-state index in [9.17, 15) is 14.9 Å². The Morgan fingerprint density at radius 1 is 1.23 bits per heavy atom. The predicted octanol–water partition coefficient (Wildman–Crippen LogP) is 4.01. The largest absolute Gasteiger partial charge is 0.467 e. The lowest BCUT2D eigenvalue weighted by atomic mass is 10.2. The molecule has 3 aromatic rings. The topological polar surface area (TPSA) is 87.5 Å². The van der Waals surface area contributed by atoms with E-state index in [2.05, 4.69) is 0 Å². The number of furan rings is 1. The molecule has 1 aromatic carbocycles. The van der Waals surface area contributed by atoms with Crippen LogP contribution in [0.5, 0.6) is 0 Å². The molecule has 2 heterocycles. The molecule has 0 radical (unpaired) electrons. The van der Waals surface area contributed by atoms with Crippen LogP contribution in [0.1, 0.15) is 33.1 Å². The zero-order valence-corrected chi connectivity index (χ0v) is 14.5. The van der Waals surface area contributed by atoms with Crippen molar-refractivity contribution in [3.63, 3.8) is 0 Å². The maximum Gasteiger partial charge on any atom is 0.340 e. The first kappa shape index (κ1) is 17.5. The summed E-state index contributed by atoms with van der Waals surface area (Å²) in [7, 11) is 0. The fourth-order valence-corrected chi connectivity index (χ4v) is 2.75. The van der Waals surface area contributed by atoms with Gasteiger partial charge in [-0.05, 0) is 49.7 Å². The molecule has 0 aliphatic rings. The Hall–Kier alpha value is -3.35. The van der Waals surface area contributed by atoms with E-state index in [0.717, 1.165) is 17.1 Å². The SMILES string of the molecule is Cc1cc(C(=O)OCc2ccc([N+](=O)[O-])cc2)c(C)n1Cc1ccco1. The fraction of sp³-hybridized carbons (Fsp3) is 0.211. The van der Waals surface area contributed by atoms with Crippen LogP contribution in [0.3, 0.4) is 0 Å². The van der Waals surface area contributed by atoms with Gasteiger partial charge in [0, 0.05) is 23.5 Å². The minimum atomic E-state index is -0.469. The van der Waals surface area contributed by atoms with Gasteiger partial charge < -0.3 is 13.7 Å². The molecule has 0 aliphatic carbocycles. The normalized spacial score (nSPS) is 10.7. The van der Waals surface area contributed by atoms with Gasteiger partial charge in [-0.2, -0.15) is 0 Å². The molecule has 0 unspecified atom stereocenters. The number of non-ortho nitro benzene ring substituents is 1. The molecule has 3 rings (SSSR count). The van der Waals surface area contributed by atoms with Gasteiger partial charge in [-0.25, -0.2) is 4.79 Å². The molecule has 0 bridgehead atoms. The van der Waals surface area contributed by atoms with Gasteiger partial charge in [0.15, 0.2) is 0 Å². The molecule has 0 N–H and O–H groups in total. The summed E-state index contributed by atoms with van der Waals surface area (Å²) in [6.45, 7) is 4.38. The summed E-state index contributed by atoms with van der Waals surface area (Å²) < 4.78 is 12.7. The van der Waals surface area contributed by atoms with Crippen LogP contribution >= 0.6 is 0 Å². The smallest absolute Gasteiger partial charge is 0.340 e. The van der Waals surface area contributed by atoms with Crippen LogP contribution < -0.4 is 0 Å². The number of carbonyl (C=O) groups is 1. The highest BCUT2D eigenvalue weighted by molar-refractivity contribution is 5.91. The van der Waals surface area contributed by atoms with E-state index in [4.69, 9.17) is 9.15 Å². The number of rotatable bonds is 6. The predicted molar refractivity (Wildman–Crippen MR) is 93.9 cm³/mol. The summed E-state index contributed by atoms with van der Waals surface area (Å²) in [6, 6.07) is 11.4. The number of ether oxygens (including phenoxy) is 1. The Balaban J connectivity index is 1.69. The number of aryl methyl sites for hydroxylation is 1. The van der Waals surface area contributed by atoms with Gasteiger partial charge in [-0.15, -0.1) is 0 Å². The first-order chi connectivity index (χ1) is 12.5. The summed E-state index contributed by atoms with van der Waals surface area (Å²) in [5.74, 6) is 0.375. The second kappa shape index (κ2) is 7.26. The van der Waals surface area contributed by atoms with Gasteiger partial charge in [0.25, 0.3) is 5.69 Å². The van der Waals surface area contributed by atoms with Crippen molar-refractivity contribution in [1.29, 1.82) is 0 Å². The van der Waals surface area contributed by atoms with Crippen LogP contribution in [-0.4, -0.2) is 15.5 Å². The minimum Gasteiger partial charge on any atom is -0.467 e. The summed E-state index contributed by atoms with van der Waals surface area (Å²) >= 11 is 0. The van der Waals surface area contributed by atoms with Crippen molar-refractivity contribution in [3.8, 4) is 0 Å². The molecule has 26 heavy (non-hydrogen) atoms. The third kappa shape index (κ3) is 3.66. The van der Waals surface area contributed by atoms with Crippen molar-refractivity contribution in [3.05, 3.63) is 87.1 Å². The van der Waals surface area contributed by atoms with Crippen molar-refractivity contribution in [2.24, 2.45) is 0 Å². The van der Waals surface area contributed by atoms with E-state index in [1.807, 2.05) is 30.5 Å². The summed E-state index contributed by atoms with van der Waals surface area (Å²) in [6.07, 6.45) is 1.61. The third-order valence-corrected chi connectivity index (χ3v) is 4.20. The molecule has 7 nitrogen and oxygen atoms in total. The number of nitrogens with zero attached hydrogens (tertiary/aromatic N) is 2. The molecule has 0 fully saturated rings. The lowest BCUT2D eigenvalue weighted by Crippen LogP contribution is -2.08. The van der Waals surface area contributed by atoms with Crippen LogP contribution in [0, 0.1) is 24.0 Å². The molecule has 2 aromatic heterocycles. The number of hydrogen-bond donors (Lipinski definition) is 0. The number of benzene rings is 1. The number of esters is 1. The van der Waals surface area contributed by atoms with E-state index in [0.29, 0.717) is 17.7 Å². The van der Waals surface area contributed by atoms with Crippen molar-refractivity contribution in [2.45, 2.75) is 27.0 Å². The molecule has 134 valence electrons. The summed E-state index contributed by atoms with van der Waals surface area (Å²) in [4.78, 5) is 22.6. The monoisotopic (exact) mass is 354 g/mol. The third-order valence-electron chi connectivity index (χ3n) is 4.20. The van der Waals surface area contributed by atoms with E-state index in [1.54, 1.807) is 24.5 Å². The Morgan fingerprint density at radius 2 is 1.96 bits per heavy atom. The molecule has 0 atom stereocenters. The molecule has 0 amide bonds. The van der Waals surface area contributed by atoms with Crippen molar-refractivity contribution >= 4 is 11.7 Å². The van der Waals surface area contributed by atoms with Crippen LogP contribution in [0.4, 0.5) is 5.69 Å². The number of hydrogen-bond acceptors (Lipinski definition) is 5. The zero-order chi connectivity index (χ0) is 18.7. The Kier molecular flexibility index (Phi) is 4.88. The average Bonchev–Trinajstić information content (AvgIpc) is 3.24. The number of carbonyl (C=O) groups excluding carboxylic acids is 1. The summed E-state index contributed by atoms with van der Waals surface area (Å²) in [5, 5.41) is 10.7.